The highest BCUT2D eigenvalue weighted by Gasteiger charge is 2.44. The molecular weight excluding hydrogens is 330 g/mol. The van der Waals surface area contributed by atoms with Crippen molar-refractivity contribution < 1.29 is 9.53 Å². The van der Waals surface area contributed by atoms with Crippen LogP contribution in [0.3, 0.4) is 0 Å². The predicted molar refractivity (Wildman–Crippen MR) is 95.2 cm³/mol. The minimum Gasteiger partial charge on any atom is -0.444 e. The van der Waals surface area contributed by atoms with Gasteiger partial charge in [0.05, 0.1) is 0 Å². The molecule has 0 spiro atoms. The van der Waals surface area contributed by atoms with Gasteiger partial charge >= 0.3 is 6.09 Å². The Balaban J connectivity index is 1.62. The first-order chi connectivity index (χ1) is 10.8. The Hall–Kier alpha value is -0.870. The molecule has 0 radical (unpaired) electrons. The zero-order valence-corrected chi connectivity index (χ0v) is 15.5. The summed E-state index contributed by atoms with van der Waals surface area (Å²) in [7, 11) is 0. The molecule has 5 heteroatoms. The van der Waals surface area contributed by atoms with Gasteiger partial charge in [-0.15, -0.1) is 11.8 Å². The smallest absolute Gasteiger partial charge is 0.410 e. The number of nitrogens with zero attached hydrogens (tertiary/aromatic N) is 1. The number of halogens is 1. The summed E-state index contributed by atoms with van der Waals surface area (Å²) in [5, 5.41) is 1.33. The number of carbonyl (C=O) groups is 1. The molecule has 0 aromatic heterocycles. The third-order valence-electron chi connectivity index (χ3n) is 4.41. The highest BCUT2D eigenvalue weighted by atomic mass is 35.5. The highest BCUT2D eigenvalue weighted by Crippen LogP contribution is 2.43. The summed E-state index contributed by atoms with van der Waals surface area (Å²) < 4.78 is 5.59. The van der Waals surface area contributed by atoms with Crippen LogP contribution in [0.15, 0.2) is 29.2 Å². The minimum atomic E-state index is -0.425. The van der Waals surface area contributed by atoms with Gasteiger partial charge < -0.3 is 9.64 Å². The van der Waals surface area contributed by atoms with Crippen LogP contribution in [0.1, 0.15) is 46.5 Å². The summed E-state index contributed by atoms with van der Waals surface area (Å²) in [5.41, 5.74) is -0.425. The van der Waals surface area contributed by atoms with Gasteiger partial charge in [0.2, 0.25) is 0 Å². The Bertz CT molecular complexity index is 555. The van der Waals surface area contributed by atoms with Crippen LogP contribution >= 0.6 is 23.4 Å². The molecule has 0 N–H and O–H groups in total. The van der Waals surface area contributed by atoms with Gasteiger partial charge in [0.25, 0.3) is 0 Å². The second kappa shape index (κ2) is 6.56. The third kappa shape index (κ3) is 4.16. The van der Waals surface area contributed by atoms with Crippen LogP contribution in [0.25, 0.3) is 0 Å². The zero-order chi connectivity index (χ0) is 16.6. The van der Waals surface area contributed by atoms with E-state index >= 15 is 0 Å². The normalized spacial score (nSPS) is 27.1. The molecule has 2 bridgehead atoms. The van der Waals surface area contributed by atoms with E-state index in [2.05, 4.69) is 12.1 Å². The monoisotopic (exact) mass is 353 g/mol. The molecule has 1 aromatic carbocycles. The van der Waals surface area contributed by atoms with Crippen molar-refractivity contribution in [2.24, 2.45) is 0 Å². The number of carbonyl (C=O) groups excluding carboxylic acids is 1. The number of fused-ring (bicyclic) bond motifs is 2. The molecule has 2 fully saturated rings. The van der Waals surface area contributed by atoms with E-state index in [1.54, 1.807) is 0 Å². The number of rotatable bonds is 2. The molecule has 1 amide bonds. The highest BCUT2D eigenvalue weighted by molar-refractivity contribution is 8.00. The number of thioether (sulfide) groups is 1. The number of benzene rings is 1. The van der Waals surface area contributed by atoms with E-state index < -0.39 is 5.60 Å². The molecule has 126 valence electrons. The topological polar surface area (TPSA) is 29.5 Å². The molecule has 1 unspecified atom stereocenters. The number of hydrogen-bond acceptors (Lipinski definition) is 3. The fourth-order valence-corrected chi connectivity index (χ4v) is 4.98. The van der Waals surface area contributed by atoms with E-state index in [0.29, 0.717) is 17.3 Å². The van der Waals surface area contributed by atoms with Crippen molar-refractivity contribution in [3.05, 3.63) is 29.3 Å². The maximum atomic E-state index is 12.5. The number of hydrogen-bond donors (Lipinski definition) is 0. The molecule has 3 rings (SSSR count). The average Bonchev–Trinajstić information content (AvgIpc) is 2.72. The van der Waals surface area contributed by atoms with E-state index in [-0.39, 0.29) is 6.09 Å². The number of ether oxygens (including phenoxy) is 1. The van der Waals surface area contributed by atoms with Gasteiger partial charge in [0.1, 0.15) is 5.60 Å². The Kier molecular flexibility index (Phi) is 4.84. The minimum absolute atomic E-state index is 0.139. The summed E-state index contributed by atoms with van der Waals surface area (Å²) in [5.74, 6) is 0. The second-order valence-electron chi connectivity index (χ2n) is 7.44. The fraction of sp³-hybridized carbons (Fsp3) is 0.611. The van der Waals surface area contributed by atoms with E-state index in [9.17, 15) is 4.79 Å². The Morgan fingerprint density at radius 1 is 1.17 bits per heavy atom. The molecule has 1 aromatic rings. The molecule has 0 aliphatic carbocycles. The molecule has 3 atom stereocenters. The third-order valence-corrected chi connectivity index (χ3v) is 5.93. The van der Waals surface area contributed by atoms with Crippen molar-refractivity contribution in [1.29, 1.82) is 0 Å². The van der Waals surface area contributed by atoms with Gasteiger partial charge in [-0.2, -0.15) is 0 Å². The van der Waals surface area contributed by atoms with Crippen molar-refractivity contribution in [3.8, 4) is 0 Å². The molecule has 2 saturated heterocycles. The van der Waals surface area contributed by atoms with Crippen molar-refractivity contribution >= 4 is 29.5 Å². The lowest BCUT2D eigenvalue weighted by Crippen LogP contribution is -2.49. The van der Waals surface area contributed by atoms with Crippen molar-refractivity contribution in [2.45, 2.75) is 74.3 Å². The van der Waals surface area contributed by atoms with Gasteiger partial charge in [-0.1, -0.05) is 11.6 Å². The van der Waals surface area contributed by atoms with Gasteiger partial charge in [-0.05, 0) is 70.7 Å². The Labute approximate surface area is 147 Å². The largest absolute Gasteiger partial charge is 0.444 e. The summed E-state index contributed by atoms with van der Waals surface area (Å²) in [6.45, 7) is 5.78. The number of piperidine rings is 1. The first kappa shape index (κ1) is 17.0. The van der Waals surface area contributed by atoms with Crippen LogP contribution in [0.4, 0.5) is 4.79 Å². The molecule has 0 saturated carbocycles. The summed E-state index contributed by atoms with van der Waals surface area (Å²) in [6, 6.07) is 8.69. The molecule has 2 aliphatic rings. The standard InChI is InChI=1S/C18H24ClNO2S/c1-18(2,3)22-17(21)20-13-6-7-14(20)11-16(10-13)23-15-8-4-12(19)5-9-15/h4-5,8-9,13-14,16H,6-7,10-11H2,1-3H3/t13-,14+,16?. The lowest BCUT2D eigenvalue weighted by molar-refractivity contribution is 0.00842. The Morgan fingerprint density at radius 2 is 1.74 bits per heavy atom. The van der Waals surface area contributed by atoms with Crippen molar-refractivity contribution in [3.63, 3.8) is 0 Å². The van der Waals surface area contributed by atoms with E-state index in [4.69, 9.17) is 16.3 Å². The Morgan fingerprint density at radius 3 is 2.26 bits per heavy atom. The summed E-state index contributed by atoms with van der Waals surface area (Å²) >= 11 is 7.86. The van der Waals surface area contributed by atoms with Gasteiger partial charge in [0.15, 0.2) is 0 Å². The van der Waals surface area contributed by atoms with Crippen LogP contribution in [0.2, 0.25) is 5.02 Å². The van der Waals surface area contributed by atoms with Crippen LogP contribution in [-0.4, -0.2) is 33.9 Å². The van der Waals surface area contributed by atoms with E-state index in [1.807, 2.05) is 49.6 Å². The molecule has 23 heavy (non-hydrogen) atoms. The SMILES string of the molecule is CC(C)(C)OC(=O)N1[C@@H]2CC[C@H]1CC(Sc1ccc(Cl)cc1)C2. The van der Waals surface area contributed by atoms with E-state index in [1.165, 1.54) is 4.90 Å². The molecule has 3 nitrogen and oxygen atoms in total. The van der Waals surface area contributed by atoms with Crippen LogP contribution < -0.4 is 0 Å². The van der Waals surface area contributed by atoms with E-state index in [0.717, 1.165) is 30.7 Å². The first-order valence-electron chi connectivity index (χ1n) is 8.25. The van der Waals surface area contributed by atoms with Crippen molar-refractivity contribution in [2.75, 3.05) is 0 Å². The predicted octanol–water partition coefficient (Wildman–Crippen LogP) is 5.36. The van der Waals surface area contributed by atoms with Crippen LogP contribution in [0, 0.1) is 0 Å². The zero-order valence-electron chi connectivity index (χ0n) is 13.9. The fourth-order valence-electron chi connectivity index (χ4n) is 3.54. The summed E-state index contributed by atoms with van der Waals surface area (Å²) in [6.07, 6.45) is 4.15. The lowest BCUT2D eigenvalue weighted by Gasteiger charge is -2.39. The molecule has 2 aliphatic heterocycles. The average molecular weight is 354 g/mol. The molecule has 2 heterocycles. The quantitative estimate of drug-likeness (QED) is 0.716. The van der Waals surface area contributed by atoms with Gasteiger partial charge in [-0.25, -0.2) is 4.79 Å². The first-order valence-corrected chi connectivity index (χ1v) is 9.51. The maximum absolute atomic E-state index is 12.5. The van der Waals surface area contributed by atoms with Gasteiger partial charge in [-0.3, -0.25) is 0 Å². The summed E-state index contributed by atoms with van der Waals surface area (Å²) in [4.78, 5) is 15.7. The lowest BCUT2D eigenvalue weighted by atomic mass is 10.0. The maximum Gasteiger partial charge on any atom is 0.410 e. The second-order valence-corrected chi connectivity index (χ2v) is 9.25. The van der Waals surface area contributed by atoms with Crippen molar-refractivity contribution in [1.82, 2.24) is 4.90 Å². The molecular formula is C18H24ClNO2S. The van der Waals surface area contributed by atoms with Crippen LogP contribution in [0.5, 0.6) is 0 Å². The van der Waals surface area contributed by atoms with Gasteiger partial charge in [0, 0.05) is 27.3 Å². The van der Waals surface area contributed by atoms with Crippen LogP contribution in [-0.2, 0) is 4.74 Å². The number of amides is 1.